The first-order valence-electron chi connectivity index (χ1n) is 6.79. The average molecular weight is 277 g/mol. The Kier molecular flexibility index (Phi) is 5.21. The van der Waals surface area contributed by atoms with Crippen LogP contribution < -0.4 is 5.73 Å². The van der Waals surface area contributed by atoms with Gasteiger partial charge in [-0.25, -0.2) is 8.42 Å². The van der Waals surface area contributed by atoms with Crippen molar-refractivity contribution in [2.45, 2.75) is 63.2 Å². The van der Waals surface area contributed by atoms with Crippen molar-refractivity contribution < 1.29 is 13.2 Å². The van der Waals surface area contributed by atoms with Gasteiger partial charge in [0.15, 0.2) is 9.84 Å². The molecule has 1 rings (SSSR count). The molecular weight excluding hydrogens is 250 g/mol. The molecule has 0 amide bonds. The highest BCUT2D eigenvalue weighted by atomic mass is 32.2. The molecule has 2 N–H and O–H groups in total. The molecule has 5 heteroatoms. The smallest absolute Gasteiger partial charge is 0.157 e. The molecule has 0 aromatic carbocycles. The molecule has 1 aliphatic carbocycles. The largest absolute Gasteiger partial charge is 0.373 e. The van der Waals surface area contributed by atoms with Gasteiger partial charge in [-0.05, 0) is 33.6 Å². The monoisotopic (exact) mass is 277 g/mol. The van der Waals surface area contributed by atoms with E-state index in [0.717, 1.165) is 25.7 Å². The fourth-order valence-electron chi connectivity index (χ4n) is 2.28. The zero-order valence-corrected chi connectivity index (χ0v) is 12.7. The lowest BCUT2D eigenvalue weighted by Gasteiger charge is -2.36. The zero-order chi connectivity index (χ0) is 13.9. The van der Waals surface area contributed by atoms with Gasteiger partial charge >= 0.3 is 0 Å². The lowest BCUT2D eigenvalue weighted by molar-refractivity contribution is -0.0564. The van der Waals surface area contributed by atoms with Crippen LogP contribution in [0.3, 0.4) is 0 Å². The predicted octanol–water partition coefficient (Wildman–Crippen LogP) is 1.88. The molecule has 0 bridgehead atoms. The molecule has 0 radical (unpaired) electrons. The van der Waals surface area contributed by atoms with Crippen LogP contribution >= 0.6 is 0 Å². The van der Waals surface area contributed by atoms with E-state index in [-0.39, 0.29) is 18.0 Å². The Hall–Kier alpha value is -0.130. The van der Waals surface area contributed by atoms with Crippen molar-refractivity contribution in [3.8, 4) is 0 Å². The van der Waals surface area contributed by atoms with Crippen LogP contribution in [0.1, 0.15) is 52.9 Å². The van der Waals surface area contributed by atoms with Crippen LogP contribution in [0.4, 0.5) is 0 Å². The summed E-state index contributed by atoms with van der Waals surface area (Å²) in [4.78, 5) is 0. The van der Waals surface area contributed by atoms with Crippen LogP contribution in [0.2, 0.25) is 0 Å². The Balaban J connectivity index is 2.50. The maximum absolute atomic E-state index is 12.0. The minimum atomic E-state index is -3.10. The van der Waals surface area contributed by atoms with Crippen molar-refractivity contribution in [2.75, 3.05) is 18.9 Å². The number of rotatable bonds is 5. The fourth-order valence-corrected chi connectivity index (χ4v) is 3.19. The van der Waals surface area contributed by atoms with Crippen LogP contribution in [-0.2, 0) is 14.6 Å². The summed E-state index contributed by atoms with van der Waals surface area (Å²) in [7, 11) is -3.10. The molecule has 1 fully saturated rings. The molecule has 0 aliphatic heterocycles. The van der Waals surface area contributed by atoms with Crippen molar-refractivity contribution in [3.05, 3.63) is 0 Å². The summed E-state index contributed by atoms with van der Waals surface area (Å²) < 4.78 is 29.1. The molecule has 1 aliphatic rings. The summed E-state index contributed by atoms with van der Waals surface area (Å²) >= 11 is 0. The van der Waals surface area contributed by atoms with Gasteiger partial charge in [0.25, 0.3) is 0 Å². The van der Waals surface area contributed by atoms with Crippen molar-refractivity contribution in [3.63, 3.8) is 0 Å². The number of sulfone groups is 1. The molecule has 0 saturated heterocycles. The molecule has 0 aromatic heterocycles. The van der Waals surface area contributed by atoms with Gasteiger partial charge in [0.2, 0.25) is 0 Å². The van der Waals surface area contributed by atoms with Crippen LogP contribution in [0.5, 0.6) is 0 Å². The van der Waals surface area contributed by atoms with E-state index in [0.29, 0.717) is 6.54 Å². The third kappa shape index (κ3) is 3.93. The zero-order valence-electron chi connectivity index (χ0n) is 11.9. The normalized spacial score (nSPS) is 20.9. The second-order valence-corrected chi connectivity index (χ2v) is 9.09. The number of hydrogen-bond donors (Lipinski definition) is 1. The molecule has 18 heavy (non-hydrogen) atoms. The van der Waals surface area contributed by atoms with Gasteiger partial charge in [-0.2, -0.15) is 0 Å². The van der Waals surface area contributed by atoms with Crippen LogP contribution in [0, 0.1) is 0 Å². The lowest BCUT2D eigenvalue weighted by atomic mass is 9.85. The maximum atomic E-state index is 12.0. The number of ether oxygens (including phenoxy) is 1. The van der Waals surface area contributed by atoms with Gasteiger partial charge in [0.05, 0.1) is 22.7 Å². The Bertz CT molecular complexity index is 351. The van der Waals surface area contributed by atoms with E-state index in [1.807, 2.05) is 0 Å². The highest BCUT2D eigenvalue weighted by molar-refractivity contribution is 7.92. The van der Waals surface area contributed by atoms with E-state index < -0.39 is 14.6 Å². The number of hydrogen-bond acceptors (Lipinski definition) is 4. The lowest BCUT2D eigenvalue weighted by Crippen LogP contribution is -2.44. The minimum Gasteiger partial charge on any atom is -0.373 e. The first-order chi connectivity index (χ1) is 8.22. The molecule has 108 valence electrons. The highest BCUT2D eigenvalue weighted by Crippen LogP contribution is 2.30. The molecule has 0 spiro atoms. The van der Waals surface area contributed by atoms with E-state index >= 15 is 0 Å². The van der Waals surface area contributed by atoms with Crippen molar-refractivity contribution in [1.82, 2.24) is 0 Å². The first-order valence-corrected chi connectivity index (χ1v) is 8.44. The van der Waals surface area contributed by atoms with Gasteiger partial charge in [0.1, 0.15) is 0 Å². The Morgan fingerprint density at radius 3 is 2.17 bits per heavy atom. The van der Waals surface area contributed by atoms with Gasteiger partial charge < -0.3 is 10.5 Å². The Morgan fingerprint density at radius 2 is 1.72 bits per heavy atom. The minimum absolute atomic E-state index is 0.0816. The van der Waals surface area contributed by atoms with Crippen molar-refractivity contribution >= 4 is 9.84 Å². The van der Waals surface area contributed by atoms with E-state index in [1.54, 1.807) is 20.8 Å². The van der Waals surface area contributed by atoms with Crippen molar-refractivity contribution in [2.24, 2.45) is 5.73 Å². The summed E-state index contributed by atoms with van der Waals surface area (Å²) in [6.07, 6.45) is 5.40. The maximum Gasteiger partial charge on any atom is 0.157 e. The predicted molar refractivity (Wildman–Crippen MR) is 74.4 cm³/mol. The quantitative estimate of drug-likeness (QED) is 0.833. The molecule has 4 nitrogen and oxygen atoms in total. The molecule has 0 aromatic rings. The summed E-state index contributed by atoms with van der Waals surface area (Å²) in [6, 6.07) is 0. The van der Waals surface area contributed by atoms with E-state index in [4.69, 9.17) is 10.5 Å². The van der Waals surface area contributed by atoms with Crippen LogP contribution in [0.25, 0.3) is 0 Å². The van der Waals surface area contributed by atoms with E-state index in [1.165, 1.54) is 6.42 Å². The second kappa shape index (κ2) is 5.88. The van der Waals surface area contributed by atoms with Gasteiger partial charge in [-0.1, -0.05) is 19.3 Å². The van der Waals surface area contributed by atoms with E-state index in [9.17, 15) is 8.42 Å². The Labute approximate surface area is 111 Å². The third-order valence-electron chi connectivity index (χ3n) is 3.83. The van der Waals surface area contributed by atoms with E-state index in [2.05, 4.69) is 0 Å². The SMILES string of the molecule is CC(C)(C)S(=O)(=O)CCOC1(CN)CCCCC1. The van der Waals surface area contributed by atoms with Crippen molar-refractivity contribution in [1.29, 1.82) is 0 Å². The summed E-state index contributed by atoms with van der Waals surface area (Å²) in [5.74, 6) is 0.0816. The molecule has 0 unspecified atom stereocenters. The Morgan fingerprint density at radius 1 is 1.17 bits per heavy atom. The third-order valence-corrected chi connectivity index (χ3v) is 6.40. The molecular formula is C13H27NO3S. The van der Waals surface area contributed by atoms with Gasteiger partial charge in [-0.15, -0.1) is 0 Å². The highest BCUT2D eigenvalue weighted by Gasteiger charge is 2.33. The topological polar surface area (TPSA) is 69.4 Å². The standard InChI is InChI=1S/C13H27NO3S/c1-12(2,3)18(15,16)10-9-17-13(11-14)7-5-4-6-8-13/h4-11,14H2,1-3H3. The molecule has 0 heterocycles. The summed E-state index contributed by atoms with van der Waals surface area (Å²) in [6.45, 7) is 5.92. The number of nitrogens with two attached hydrogens (primary N) is 1. The molecule has 1 saturated carbocycles. The fraction of sp³-hybridized carbons (Fsp3) is 1.00. The first kappa shape index (κ1) is 15.9. The summed E-state index contributed by atoms with van der Waals surface area (Å²) in [5.41, 5.74) is 5.53. The average Bonchev–Trinajstić information content (AvgIpc) is 2.28. The molecule has 0 atom stereocenters. The van der Waals surface area contributed by atoms with Crippen LogP contribution in [0.15, 0.2) is 0 Å². The van der Waals surface area contributed by atoms with Gasteiger partial charge in [-0.3, -0.25) is 0 Å². The second-order valence-electron chi connectivity index (χ2n) is 6.23. The van der Waals surface area contributed by atoms with Crippen LogP contribution in [-0.4, -0.2) is 37.7 Å². The van der Waals surface area contributed by atoms with Gasteiger partial charge in [0, 0.05) is 6.54 Å². The summed E-state index contributed by atoms with van der Waals surface area (Å²) in [5, 5.41) is 0.